The number of aromatic nitrogens is 1. The van der Waals surface area contributed by atoms with E-state index in [0.29, 0.717) is 10.4 Å². The molecule has 0 fully saturated rings. The monoisotopic (exact) mass is 186 g/mol. The summed E-state index contributed by atoms with van der Waals surface area (Å²) in [6.07, 6.45) is 0.276. The summed E-state index contributed by atoms with van der Waals surface area (Å²) in [5, 5.41) is 11.7. The zero-order valence-corrected chi connectivity index (χ0v) is 6.05. The summed E-state index contributed by atoms with van der Waals surface area (Å²) in [7, 11) is 0. The minimum Gasteiger partial charge on any atom is -0.359 e. The van der Waals surface area contributed by atoms with Gasteiger partial charge in [0.1, 0.15) is 4.60 Å². The van der Waals surface area contributed by atoms with Crippen molar-refractivity contribution in [2.75, 3.05) is 0 Å². The summed E-state index contributed by atoms with van der Waals surface area (Å²) in [5.74, 6) is 0.587. The normalized spacial score (nSPS) is 8.89. The first-order valence-electron chi connectivity index (χ1n) is 2.31. The smallest absolute Gasteiger partial charge is 0.151 e. The maximum absolute atomic E-state index is 8.18. The Morgan fingerprint density at radius 3 is 3.11 bits per heavy atom. The second kappa shape index (κ2) is 2.65. The molecule has 46 valence electrons. The highest BCUT2D eigenvalue weighted by Gasteiger charge is 1.97. The van der Waals surface area contributed by atoms with Crippen molar-refractivity contribution < 1.29 is 4.52 Å². The summed E-state index contributed by atoms with van der Waals surface area (Å²) in [6, 6.07) is 3.61. The van der Waals surface area contributed by atoms with Crippen LogP contribution >= 0.6 is 15.9 Å². The van der Waals surface area contributed by atoms with Crippen LogP contribution in [0.25, 0.3) is 0 Å². The molecule has 0 aliphatic rings. The van der Waals surface area contributed by atoms with Crippen LogP contribution in [0.4, 0.5) is 0 Å². The maximum atomic E-state index is 8.18. The largest absolute Gasteiger partial charge is 0.359 e. The van der Waals surface area contributed by atoms with E-state index in [4.69, 9.17) is 5.26 Å². The van der Waals surface area contributed by atoms with E-state index in [9.17, 15) is 0 Å². The summed E-state index contributed by atoms with van der Waals surface area (Å²) in [5.41, 5.74) is 0. The average Bonchev–Trinajstić information content (AvgIpc) is 2.17. The first-order valence-corrected chi connectivity index (χ1v) is 3.10. The summed E-state index contributed by atoms with van der Waals surface area (Å²) >= 11 is 3.09. The van der Waals surface area contributed by atoms with Gasteiger partial charge in [0, 0.05) is 6.07 Å². The average molecular weight is 187 g/mol. The molecule has 0 spiro atoms. The molecule has 0 aliphatic heterocycles. The molecule has 0 N–H and O–H groups in total. The lowest BCUT2D eigenvalue weighted by Crippen LogP contribution is -1.71. The predicted octanol–water partition coefficient (Wildman–Crippen LogP) is 1.50. The van der Waals surface area contributed by atoms with Gasteiger partial charge in [0.25, 0.3) is 0 Å². The standard InChI is InChI=1S/C5H3BrN2O/c6-5-3-4(1-2-7)9-8-5/h3H,1H2. The highest BCUT2D eigenvalue weighted by molar-refractivity contribution is 9.10. The van der Waals surface area contributed by atoms with Gasteiger partial charge in [0.2, 0.25) is 0 Å². The van der Waals surface area contributed by atoms with Gasteiger partial charge >= 0.3 is 0 Å². The van der Waals surface area contributed by atoms with Crippen molar-refractivity contribution in [3.63, 3.8) is 0 Å². The second-order valence-electron chi connectivity index (χ2n) is 1.45. The van der Waals surface area contributed by atoms with Gasteiger partial charge in [0.15, 0.2) is 5.76 Å². The Morgan fingerprint density at radius 2 is 2.67 bits per heavy atom. The number of rotatable bonds is 1. The van der Waals surface area contributed by atoms with Crippen LogP contribution in [0.15, 0.2) is 15.2 Å². The van der Waals surface area contributed by atoms with Gasteiger partial charge in [-0.25, -0.2) is 0 Å². The Hall–Kier alpha value is -0.820. The fourth-order valence-corrected chi connectivity index (χ4v) is 0.777. The van der Waals surface area contributed by atoms with Gasteiger partial charge in [-0.1, -0.05) is 5.16 Å². The molecule has 0 saturated heterocycles. The van der Waals surface area contributed by atoms with Crippen LogP contribution in [-0.2, 0) is 6.42 Å². The third kappa shape index (κ3) is 1.54. The molecule has 1 heterocycles. The van der Waals surface area contributed by atoms with E-state index in [1.165, 1.54) is 0 Å². The van der Waals surface area contributed by atoms with E-state index in [1.807, 2.05) is 6.07 Å². The number of nitrogens with zero attached hydrogens (tertiary/aromatic N) is 2. The highest BCUT2D eigenvalue weighted by Crippen LogP contribution is 2.09. The number of nitriles is 1. The Morgan fingerprint density at radius 1 is 1.89 bits per heavy atom. The Labute approximate surface area is 60.4 Å². The molecule has 0 aromatic carbocycles. The lowest BCUT2D eigenvalue weighted by Gasteiger charge is -1.74. The Balaban J connectivity index is 2.76. The third-order valence-electron chi connectivity index (χ3n) is 0.783. The lowest BCUT2D eigenvalue weighted by atomic mass is 10.4. The van der Waals surface area contributed by atoms with Crippen molar-refractivity contribution in [2.24, 2.45) is 0 Å². The van der Waals surface area contributed by atoms with Crippen LogP contribution in [0.3, 0.4) is 0 Å². The summed E-state index contributed by atoms with van der Waals surface area (Å²) < 4.78 is 5.32. The van der Waals surface area contributed by atoms with Crippen LogP contribution in [0.1, 0.15) is 5.76 Å². The fourth-order valence-electron chi connectivity index (χ4n) is 0.449. The maximum Gasteiger partial charge on any atom is 0.151 e. The van der Waals surface area contributed by atoms with E-state index < -0.39 is 0 Å². The van der Waals surface area contributed by atoms with E-state index in [2.05, 4.69) is 25.6 Å². The quantitative estimate of drug-likeness (QED) is 0.669. The molecule has 9 heavy (non-hydrogen) atoms. The fraction of sp³-hybridized carbons (Fsp3) is 0.200. The van der Waals surface area contributed by atoms with Gasteiger partial charge in [-0.05, 0) is 15.9 Å². The van der Waals surface area contributed by atoms with Crippen molar-refractivity contribution in [3.8, 4) is 6.07 Å². The molecule has 0 atom stereocenters. The van der Waals surface area contributed by atoms with Gasteiger partial charge in [-0.3, -0.25) is 0 Å². The van der Waals surface area contributed by atoms with Gasteiger partial charge in [0.05, 0.1) is 12.5 Å². The molecule has 1 rings (SSSR count). The molecule has 0 bridgehead atoms. The second-order valence-corrected chi connectivity index (χ2v) is 2.26. The zero-order valence-electron chi connectivity index (χ0n) is 4.47. The molecule has 0 radical (unpaired) electrons. The van der Waals surface area contributed by atoms with Crippen LogP contribution < -0.4 is 0 Å². The third-order valence-corrected chi connectivity index (χ3v) is 1.16. The van der Waals surface area contributed by atoms with Gasteiger partial charge in [-0.2, -0.15) is 5.26 Å². The first-order chi connectivity index (χ1) is 4.33. The number of hydrogen-bond acceptors (Lipinski definition) is 3. The predicted molar refractivity (Wildman–Crippen MR) is 33.5 cm³/mol. The van der Waals surface area contributed by atoms with Crippen molar-refractivity contribution in [1.82, 2.24) is 5.16 Å². The molecule has 3 nitrogen and oxygen atoms in total. The minimum atomic E-state index is 0.276. The van der Waals surface area contributed by atoms with Crippen LogP contribution in [0, 0.1) is 11.3 Å². The first kappa shape index (κ1) is 6.30. The van der Waals surface area contributed by atoms with Crippen LogP contribution in [0.2, 0.25) is 0 Å². The van der Waals surface area contributed by atoms with E-state index in [1.54, 1.807) is 6.07 Å². The SMILES string of the molecule is N#CCc1cc(Br)no1. The van der Waals surface area contributed by atoms with Crippen LogP contribution in [-0.4, -0.2) is 5.16 Å². The van der Waals surface area contributed by atoms with Crippen molar-refractivity contribution in [3.05, 3.63) is 16.4 Å². The highest BCUT2D eigenvalue weighted by atomic mass is 79.9. The topological polar surface area (TPSA) is 49.8 Å². The molecule has 4 heteroatoms. The number of halogens is 1. The minimum absolute atomic E-state index is 0.276. The zero-order chi connectivity index (χ0) is 6.69. The van der Waals surface area contributed by atoms with E-state index in [0.717, 1.165) is 0 Å². The molecule has 1 aromatic rings. The molecule has 0 amide bonds. The Bertz CT molecular complexity index is 237. The van der Waals surface area contributed by atoms with E-state index >= 15 is 0 Å². The Kier molecular flexibility index (Phi) is 1.85. The van der Waals surface area contributed by atoms with Crippen molar-refractivity contribution in [2.45, 2.75) is 6.42 Å². The number of hydrogen-bond donors (Lipinski definition) is 0. The van der Waals surface area contributed by atoms with Crippen molar-refractivity contribution in [1.29, 1.82) is 5.26 Å². The van der Waals surface area contributed by atoms with Gasteiger partial charge in [-0.15, -0.1) is 0 Å². The van der Waals surface area contributed by atoms with Crippen LogP contribution in [0.5, 0.6) is 0 Å². The summed E-state index contributed by atoms with van der Waals surface area (Å²) in [6.45, 7) is 0. The molecular weight excluding hydrogens is 184 g/mol. The van der Waals surface area contributed by atoms with Crippen molar-refractivity contribution >= 4 is 15.9 Å². The molecule has 0 saturated carbocycles. The lowest BCUT2D eigenvalue weighted by molar-refractivity contribution is 0.388. The molecule has 0 unspecified atom stereocenters. The van der Waals surface area contributed by atoms with E-state index in [-0.39, 0.29) is 6.42 Å². The molecular formula is C5H3BrN2O. The molecule has 0 aliphatic carbocycles. The molecule has 1 aromatic heterocycles. The summed E-state index contributed by atoms with van der Waals surface area (Å²) in [4.78, 5) is 0. The van der Waals surface area contributed by atoms with Gasteiger partial charge < -0.3 is 4.52 Å².